The van der Waals surface area contributed by atoms with E-state index in [0.29, 0.717) is 30.5 Å². The van der Waals surface area contributed by atoms with Gasteiger partial charge in [0.15, 0.2) is 0 Å². The van der Waals surface area contributed by atoms with Crippen LogP contribution in [0.1, 0.15) is 41.4 Å². The fraction of sp³-hybridized carbons (Fsp3) is 0.412. The molecule has 3 rings (SSSR count). The van der Waals surface area contributed by atoms with Gasteiger partial charge in [-0.3, -0.25) is 9.78 Å². The van der Waals surface area contributed by atoms with Crippen LogP contribution in [-0.2, 0) is 19.4 Å². The van der Waals surface area contributed by atoms with Gasteiger partial charge in [0.2, 0.25) is 0 Å². The van der Waals surface area contributed by atoms with Crippen molar-refractivity contribution in [1.29, 1.82) is 0 Å². The molecule has 120 valence electrons. The summed E-state index contributed by atoms with van der Waals surface area (Å²) < 4.78 is 0. The molecule has 0 fully saturated rings. The maximum Gasteiger partial charge on any atom is 0.270 e. The number of nitrogens with zero attached hydrogens (tertiary/aromatic N) is 3. The number of carbonyl (C=O) groups excluding carboxylic acids is 1. The molecule has 0 atom stereocenters. The maximum absolute atomic E-state index is 12.1. The topological polar surface area (TPSA) is 79.8 Å². The number of amides is 1. The minimum atomic E-state index is -0.112. The first kappa shape index (κ1) is 15.4. The van der Waals surface area contributed by atoms with Crippen molar-refractivity contribution in [2.45, 2.75) is 33.2 Å². The van der Waals surface area contributed by atoms with Gasteiger partial charge in [-0.1, -0.05) is 19.9 Å². The summed E-state index contributed by atoms with van der Waals surface area (Å²) in [5.74, 6) is 1.79. The normalized spacial score (nSPS) is 13.6. The number of pyridine rings is 1. The van der Waals surface area contributed by atoms with Gasteiger partial charge in [0.1, 0.15) is 17.3 Å². The van der Waals surface area contributed by atoms with E-state index in [4.69, 9.17) is 0 Å². The quantitative estimate of drug-likeness (QED) is 0.882. The summed E-state index contributed by atoms with van der Waals surface area (Å²) in [6.07, 6.45) is 3.26. The Balaban J connectivity index is 1.90. The summed E-state index contributed by atoms with van der Waals surface area (Å²) in [4.78, 5) is 25.5. The standard InChI is InChI=1S/C17H21N5O/c1-11(2)9-14-21-15-13(6-8-19-17(15)23)16(22-14)20-10-12-5-3-4-7-18-12/h3-5,7,11H,6,8-10H2,1-2H3,(H,19,23)(H,20,21,22). The van der Waals surface area contributed by atoms with Crippen LogP contribution in [0.15, 0.2) is 24.4 Å². The van der Waals surface area contributed by atoms with Crippen molar-refractivity contribution in [3.63, 3.8) is 0 Å². The molecule has 6 nitrogen and oxygen atoms in total. The third-order valence-electron chi connectivity index (χ3n) is 3.68. The van der Waals surface area contributed by atoms with Crippen LogP contribution in [0.3, 0.4) is 0 Å². The fourth-order valence-corrected chi connectivity index (χ4v) is 2.62. The lowest BCUT2D eigenvalue weighted by atomic mass is 10.0. The molecule has 6 heteroatoms. The van der Waals surface area contributed by atoms with Crippen LogP contribution >= 0.6 is 0 Å². The van der Waals surface area contributed by atoms with Crippen molar-refractivity contribution >= 4 is 11.7 Å². The maximum atomic E-state index is 12.1. The van der Waals surface area contributed by atoms with Crippen LogP contribution < -0.4 is 10.6 Å². The Labute approximate surface area is 135 Å². The van der Waals surface area contributed by atoms with Crippen LogP contribution in [0.5, 0.6) is 0 Å². The van der Waals surface area contributed by atoms with Gasteiger partial charge in [0.25, 0.3) is 5.91 Å². The summed E-state index contributed by atoms with van der Waals surface area (Å²) in [5, 5.41) is 6.18. The average Bonchev–Trinajstić information content (AvgIpc) is 2.54. The van der Waals surface area contributed by atoms with Gasteiger partial charge in [0.05, 0.1) is 12.2 Å². The van der Waals surface area contributed by atoms with Crippen molar-refractivity contribution < 1.29 is 4.79 Å². The molecule has 0 radical (unpaired) electrons. The van der Waals surface area contributed by atoms with E-state index in [1.807, 2.05) is 18.2 Å². The highest BCUT2D eigenvalue weighted by molar-refractivity contribution is 5.95. The molecule has 2 aromatic rings. The summed E-state index contributed by atoms with van der Waals surface area (Å²) >= 11 is 0. The number of hydrogen-bond acceptors (Lipinski definition) is 5. The van der Waals surface area contributed by atoms with Gasteiger partial charge in [-0.05, 0) is 24.5 Å². The smallest absolute Gasteiger partial charge is 0.270 e. The van der Waals surface area contributed by atoms with Gasteiger partial charge in [-0.2, -0.15) is 0 Å². The minimum absolute atomic E-state index is 0.112. The summed E-state index contributed by atoms with van der Waals surface area (Å²) in [7, 11) is 0. The Morgan fingerprint density at radius 1 is 1.30 bits per heavy atom. The molecule has 0 aliphatic carbocycles. The average molecular weight is 311 g/mol. The largest absolute Gasteiger partial charge is 0.364 e. The SMILES string of the molecule is CC(C)Cc1nc(NCc2ccccn2)c2c(n1)C(=O)NCC2. The lowest BCUT2D eigenvalue weighted by molar-refractivity contribution is 0.0940. The first-order chi connectivity index (χ1) is 11.1. The van der Waals surface area contributed by atoms with E-state index >= 15 is 0 Å². The summed E-state index contributed by atoms with van der Waals surface area (Å²) in [6, 6.07) is 5.81. The van der Waals surface area contributed by atoms with E-state index in [0.717, 1.165) is 29.9 Å². The number of fused-ring (bicyclic) bond motifs is 1. The van der Waals surface area contributed by atoms with E-state index in [9.17, 15) is 4.79 Å². The molecule has 1 aliphatic rings. The van der Waals surface area contributed by atoms with Crippen molar-refractivity contribution in [1.82, 2.24) is 20.3 Å². The van der Waals surface area contributed by atoms with E-state index in [1.54, 1.807) is 6.20 Å². The van der Waals surface area contributed by atoms with Gasteiger partial charge >= 0.3 is 0 Å². The van der Waals surface area contributed by atoms with Crippen molar-refractivity contribution in [2.75, 3.05) is 11.9 Å². The minimum Gasteiger partial charge on any atom is -0.364 e. The highest BCUT2D eigenvalue weighted by Crippen LogP contribution is 2.21. The zero-order valence-corrected chi connectivity index (χ0v) is 13.5. The Morgan fingerprint density at radius 3 is 2.91 bits per heavy atom. The Morgan fingerprint density at radius 2 is 2.17 bits per heavy atom. The first-order valence-corrected chi connectivity index (χ1v) is 7.95. The van der Waals surface area contributed by atoms with Crippen molar-refractivity contribution in [3.05, 3.63) is 47.2 Å². The highest BCUT2D eigenvalue weighted by atomic mass is 16.1. The molecule has 3 heterocycles. The number of rotatable bonds is 5. The van der Waals surface area contributed by atoms with Gasteiger partial charge in [-0.15, -0.1) is 0 Å². The second-order valence-corrected chi connectivity index (χ2v) is 6.09. The Hall–Kier alpha value is -2.50. The third kappa shape index (κ3) is 3.64. The van der Waals surface area contributed by atoms with Crippen LogP contribution in [0, 0.1) is 5.92 Å². The molecule has 1 amide bonds. The zero-order valence-electron chi connectivity index (χ0n) is 13.5. The molecule has 0 bridgehead atoms. The molecule has 2 N–H and O–H groups in total. The first-order valence-electron chi connectivity index (χ1n) is 7.95. The summed E-state index contributed by atoms with van der Waals surface area (Å²) in [6.45, 7) is 5.43. The van der Waals surface area contributed by atoms with E-state index in [-0.39, 0.29) is 5.91 Å². The van der Waals surface area contributed by atoms with Crippen LogP contribution in [0.4, 0.5) is 5.82 Å². The number of nitrogens with one attached hydrogen (secondary N) is 2. The fourth-order valence-electron chi connectivity index (χ4n) is 2.62. The van der Waals surface area contributed by atoms with E-state index < -0.39 is 0 Å². The molecular weight excluding hydrogens is 290 g/mol. The van der Waals surface area contributed by atoms with Crippen molar-refractivity contribution in [3.8, 4) is 0 Å². The molecule has 0 spiro atoms. The molecule has 0 aromatic carbocycles. The highest BCUT2D eigenvalue weighted by Gasteiger charge is 2.23. The number of hydrogen-bond donors (Lipinski definition) is 2. The van der Waals surface area contributed by atoms with E-state index in [1.165, 1.54) is 0 Å². The van der Waals surface area contributed by atoms with Gasteiger partial charge < -0.3 is 10.6 Å². The molecule has 0 saturated heterocycles. The molecule has 2 aromatic heterocycles. The second kappa shape index (κ2) is 6.73. The third-order valence-corrected chi connectivity index (χ3v) is 3.68. The predicted octanol–water partition coefficient (Wildman–Crippen LogP) is 1.97. The second-order valence-electron chi connectivity index (χ2n) is 6.09. The lowest BCUT2D eigenvalue weighted by Gasteiger charge is -2.20. The monoisotopic (exact) mass is 311 g/mol. The van der Waals surface area contributed by atoms with E-state index in [2.05, 4.69) is 39.4 Å². The number of carbonyl (C=O) groups is 1. The molecule has 0 unspecified atom stereocenters. The lowest BCUT2D eigenvalue weighted by Crippen LogP contribution is -2.34. The zero-order chi connectivity index (χ0) is 16.2. The molecule has 0 saturated carbocycles. The van der Waals surface area contributed by atoms with Crippen LogP contribution in [-0.4, -0.2) is 27.4 Å². The molecule has 23 heavy (non-hydrogen) atoms. The van der Waals surface area contributed by atoms with Gasteiger partial charge in [-0.25, -0.2) is 9.97 Å². The van der Waals surface area contributed by atoms with Gasteiger partial charge in [0, 0.05) is 24.7 Å². The molecular formula is C17H21N5O. The number of aromatic nitrogens is 3. The predicted molar refractivity (Wildman–Crippen MR) is 88.2 cm³/mol. The van der Waals surface area contributed by atoms with Crippen LogP contribution in [0.2, 0.25) is 0 Å². The summed E-state index contributed by atoms with van der Waals surface area (Å²) in [5.41, 5.74) is 2.34. The Kier molecular flexibility index (Phi) is 4.50. The Bertz CT molecular complexity index is 700. The van der Waals surface area contributed by atoms with Crippen LogP contribution in [0.25, 0.3) is 0 Å². The molecule has 1 aliphatic heterocycles. The van der Waals surface area contributed by atoms with Crippen molar-refractivity contribution in [2.24, 2.45) is 5.92 Å². The number of anilines is 1.